The predicted molar refractivity (Wildman–Crippen MR) is 125 cm³/mol. The smallest absolute Gasteiger partial charge is 0.254 e. The number of fused-ring (bicyclic) bond motifs is 1. The van der Waals surface area contributed by atoms with Crippen molar-refractivity contribution in [3.63, 3.8) is 0 Å². The highest BCUT2D eigenvalue weighted by atomic mass is 32.1. The Morgan fingerprint density at radius 2 is 1.79 bits per heavy atom. The van der Waals surface area contributed by atoms with E-state index in [0.29, 0.717) is 27.1 Å². The molecule has 34 heavy (non-hydrogen) atoms. The van der Waals surface area contributed by atoms with Gasteiger partial charge in [-0.1, -0.05) is 18.2 Å². The Bertz CT molecular complexity index is 1330. The molecule has 4 rings (SSSR count). The van der Waals surface area contributed by atoms with Crippen molar-refractivity contribution >= 4 is 33.1 Å². The SMILES string of the molecule is Nc1ncc(C(=O)NCCO)c2scc(COc3cccc(OCc4cccc(F)c4F)c3)c12. The third-order valence-electron chi connectivity index (χ3n) is 4.97. The number of nitrogen functional groups attached to an aromatic ring is 1. The van der Waals surface area contributed by atoms with Crippen LogP contribution >= 0.6 is 11.3 Å². The second-order valence-corrected chi connectivity index (χ2v) is 8.15. The van der Waals surface area contributed by atoms with Gasteiger partial charge in [-0.05, 0) is 23.6 Å². The molecule has 176 valence electrons. The lowest BCUT2D eigenvalue weighted by Crippen LogP contribution is -2.26. The number of carbonyl (C=O) groups is 1. The Labute approximate surface area is 197 Å². The van der Waals surface area contributed by atoms with E-state index in [1.165, 1.54) is 29.7 Å². The van der Waals surface area contributed by atoms with E-state index in [4.69, 9.17) is 20.3 Å². The van der Waals surface area contributed by atoms with Crippen molar-refractivity contribution < 1.29 is 28.2 Å². The molecule has 0 aliphatic heterocycles. The van der Waals surface area contributed by atoms with Crippen molar-refractivity contribution in [3.05, 3.63) is 82.4 Å². The predicted octanol–water partition coefficient (Wildman–Crippen LogP) is 4.04. The molecule has 4 N–H and O–H groups in total. The molecule has 0 saturated heterocycles. The van der Waals surface area contributed by atoms with Gasteiger partial charge in [0, 0.05) is 35.3 Å². The molecule has 1 amide bonds. The highest BCUT2D eigenvalue weighted by molar-refractivity contribution is 7.17. The molecule has 4 aromatic rings. The summed E-state index contributed by atoms with van der Waals surface area (Å²) in [7, 11) is 0. The van der Waals surface area contributed by atoms with Crippen LogP contribution in [0.3, 0.4) is 0 Å². The third-order valence-corrected chi connectivity index (χ3v) is 6.03. The van der Waals surface area contributed by atoms with Crippen LogP contribution in [0, 0.1) is 11.6 Å². The number of aliphatic hydroxyl groups is 1. The van der Waals surface area contributed by atoms with Crippen LogP contribution in [0.15, 0.2) is 54.0 Å². The Balaban J connectivity index is 1.47. The van der Waals surface area contributed by atoms with Crippen LogP contribution < -0.4 is 20.5 Å². The summed E-state index contributed by atoms with van der Waals surface area (Å²) >= 11 is 1.35. The summed E-state index contributed by atoms with van der Waals surface area (Å²) < 4.78 is 39.4. The molecule has 0 unspecified atom stereocenters. The number of halogens is 2. The number of amides is 1. The van der Waals surface area contributed by atoms with Crippen LogP contribution in [-0.2, 0) is 13.2 Å². The minimum Gasteiger partial charge on any atom is -0.489 e. The Hall–Kier alpha value is -3.76. The maximum atomic E-state index is 13.8. The van der Waals surface area contributed by atoms with Crippen LogP contribution in [0.1, 0.15) is 21.5 Å². The molecule has 2 aromatic carbocycles. The highest BCUT2D eigenvalue weighted by Crippen LogP contribution is 2.33. The molecule has 0 bridgehead atoms. The topological polar surface area (TPSA) is 107 Å². The maximum Gasteiger partial charge on any atom is 0.254 e. The summed E-state index contributed by atoms with van der Waals surface area (Å²) in [6.07, 6.45) is 1.41. The number of aliphatic hydroxyl groups excluding tert-OH is 1. The average molecular weight is 486 g/mol. The lowest BCUT2D eigenvalue weighted by Gasteiger charge is -2.11. The van der Waals surface area contributed by atoms with Gasteiger partial charge in [0.15, 0.2) is 11.6 Å². The van der Waals surface area contributed by atoms with Crippen molar-refractivity contribution in [1.82, 2.24) is 10.3 Å². The van der Waals surface area contributed by atoms with E-state index in [9.17, 15) is 13.6 Å². The number of nitrogens with one attached hydrogen (secondary N) is 1. The summed E-state index contributed by atoms with van der Waals surface area (Å²) in [6, 6.07) is 10.7. The standard InChI is InChI=1S/C24H21F2N3O4S/c25-19-6-1-3-14(21(19)26)11-32-16-4-2-5-17(9-16)33-12-15-13-34-22-18(24(31)28-7-8-30)10-29-23(27)20(15)22/h1-6,9-10,13,30H,7-8,11-12H2,(H2,27,29)(H,28,31). The zero-order chi connectivity index (χ0) is 24.1. The number of benzene rings is 2. The van der Waals surface area contributed by atoms with Crippen LogP contribution in [0.2, 0.25) is 0 Å². The van der Waals surface area contributed by atoms with Gasteiger partial charge in [-0.3, -0.25) is 4.79 Å². The molecular formula is C24H21F2N3O4S. The average Bonchev–Trinajstić information content (AvgIpc) is 3.27. The normalized spacial score (nSPS) is 10.9. The van der Waals surface area contributed by atoms with Gasteiger partial charge in [0.2, 0.25) is 0 Å². The minimum absolute atomic E-state index is 0.109. The number of rotatable bonds is 9. The van der Waals surface area contributed by atoms with Gasteiger partial charge < -0.3 is 25.6 Å². The number of anilines is 1. The number of ether oxygens (including phenoxy) is 2. The summed E-state index contributed by atoms with van der Waals surface area (Å²) in [6.45, 7) is -0.00179. The van der Waals surface area contributed by atoms with Gasteiger partial charge in [-0.15, -0.1) is 11.3 Å². The molecule has 0 spiro atoms. The summed E-state index contributed by atoms with van der Waals surface area (Å²) in [5, 5.41) is 14.0. The summed E-state index contributed by atoms with van der Waals surface area (Å²) in [5.74, 6) is -0.998. The van der Waals surface area contributed by atoms with Crippen molar-refractivity contribution in [2.24, 2.45) is 0 Å². The Morgan fingerprint density at radius 1 is 1.09 bits per heavy atom. The maximum absolute atomic E-state index is 13.8. The van der Waals surface area contributed by atoms with Gasteiger partial charge in [0.05, 0.1) is 16.9 Å². The molecule has 7 nitrogen and oxygen atoms in total. The number of hydrogen-bond donors (Lipinski definition) is 3. The van der Waals surface area contributed by atoms with Crippen molar-refractivity contribution in [1.29, 1.82) is 0 Å². The number of aromatic nitrogens is 1. The first kappa shape index (κ1) is 23.4. The molecule has 0 atom stereocenters. The Kier molecular flexibility index (Phi) is 7.19. The van der Waals surface area contributed by atoms with E-state index in [1.54, 1.807) is 24.3 Å². The monoisotopic (exact) mass is 485 g/mol. The number of nitrogens with two attached hydrogens (primary N) is 1. The van der Waals surface area contributed by atoms with Gasteiger partial charge >= 0.3 is 0 Å². The molecular weight excluding hydrogens is 464 g/mol. The van der Waals surface area contributed by atoms with Gasteiger partial charge in [-0.2, -0.15) is 0 Å². The summed E-state index contributed by atoms with van der Waals surface area (Å²) in [4.78, 5) is 16.5. The molecule has 2 heterocycles. The lowest BCUT2D eigenvalue weighted by atomic mass is 10.1. The molecule has 0 fully saturated rings. The zero-order valence-electron chi connectivity index (χ0n) is 17.9. The first-order valence-corrected chi connectivity index (χ1v) is 11.2. The molecule has 10 heteroatoms. The van der Waals surface area contributed by atoms with Gasteiger partial charge in [-0.25, -0.2) is 13.8 Å². The third kappa shape index (κ3) is 5.08. The number of carbonyl (C=O) groups excluding carboxylic acids is 1. The molecule has 0 aliphatic carbocycles. The largest absolute Gasteiger partial charge is 0.489 e. The van der Waals surface area contributed by atoms with Crippen molar-refractivity contribution in [3.8, 4) is 11.5 Å². The second kappa shape index (κ2) is 10.4. The summed E-state index contributed by atoms with van der Waals surface area (Å²) in [5.41, 5.74) is 7.31. The fourth-order valence-corrected chi connectivity index (χ4v) is 4.37. The second-order valence-electron chi connectivity index (χ2n) is 7.27. The molecule has 0 saturated carbocycles. The number of pyridine rings is 1. The minimum atomic E-state index is -0.935. The zero-order valence-corrected chi connectivity index (χ0v) is 18.7. The van der Waals surface area contributed by atoms with Crippen molar-refractivity contribution in [2.45, 2.75) is 13.2 Å². The first-order chi connectivity index (χ1) is 16.5. The quantitative estimate of drug-likeness (QED) is 0.330. The van der Waals surface area contributed by atoms with Gasteiger partial charge in [0.25, 0.3) is 5.91 Å². The molecule has 0 radical (unpaired) electrons. The van der Waals surface area contributed by atoms with Crippen LogP contribution in [-0.4, -0.2) is 29.1 Å². The van der Waals surface area contributed by atoms with E-state index in [-0.39, 0.29) is 43.7 Å². The Morgan fingerprint density at radius 3 is 2.53 bits per heavy atom. The number of thiophene rings is 1. The van der Waals surface area contributed by atoms with E-state index in [2.05, 4.69) is 10.3 Å². The van der Waals surface area contributed by atoms with E-state index >= 15 is 0 Å². The van der Waals surface area contributed by atoms with E-state index in [1.807, 2.05) is 5.38 Å². The number of nitrogens with zero attached hydrogens (tertiary/aromatic N) is 1. The molecule has 2 aromatic heterocycles. The van der Waals surface area contributed by atoms with Crippen molar-refractivity contribution in [2.75, 3.05) is 18.9 Å². The van der Waals surface area contributed by atoms with E-state index in [0.717, 1.165) is 11.6 Å². The van der Waals surface area contributed by atoms with Crippen LogP contribution in [0.25, 0.3) is 10.1 Å². The fraction of sp³-hybridized carbons (Fsp3) is 0.167. The molecule has 0 aliphatic rings. The van der Waals surface area contributed by atoms with E-state index < -0.39 is 11.6 Å². The van der Waals surface area contributed by atoms with Crippen LogP contribution in [0.4, 0.5) is 14.6 Å². The first-order valence-electron chi connectivity index (χ1n) is 10.3. The lowest BCUT2D eigenvalue weighted by molar-refractivity contribution is 0.0946. The van der Waals surface area contributed by atoms with Crippen LogP contribution in [0.5, 0.6) is 11.5 Å². The van der Waals surface area contributed by atoms with Gasteiger partial charge in [0.1, 0.15) is 30.5 Å². The highest BCUT2D eigenvalue weighted by Gasteiger charge is 2.17. The number of hydrogen-bond acceptors (Lipinski definition) is 7. The fourth-order valence-electron chi connectivity index (χ4n) is 3.30.